The summed E-state index contributed by atoms with van der Waals surface area (Å²) in [7, 11) is 0. The van der Waals surface area contributed by atoms with Gasteiger partial charge >= 0.3 is 0 Å². The van der Waals surface area contributed by atoms with Gasteiger partial charge in [-0.25, -0.2) is 0 Å². The van der Waals surface area contributed by atoms with Crippen molar-refractivity contribution in [3.05, 3.63) is 0 Å². The Kier molecular flexibility index (Phi) is 2.97. The summed E-state index contributed by atoms with van der Waals surface area (Å²) in [5.41, 5.74) is 0. The molecule has 6 heteroatoms. The van der Waals surface area contributed by atoms with Crippen molar-refractivity contribution in [1.82, 2.24) is 5.32 Å². The highest BCUT2D eigenvalue weighted by molar-refractivity contribution is 7.80. The molecule has 0 amide bonds. The maximum Gasteiger partial charge on any atom is 0.132 e. The maximum absolute atomic E-state index is 9.23. The summed E-state index contributed by atoms with van der Waals surface area (Å²) in [6, 6.07) is -0.698. The Bertz CT molecular complexity index is 186. The Hall–Kier alpha value is -0.270. The van der Waals surface area contributed by atoms with Crippen LogP contribution in [0.3, 0.4) is 0 Å². The van der Waals surface area contributed by atoms with Crippen LogP contribution in [0.1, 0.15) is 0 Å². The van der Waals surface area contributed by atoms with E-state index in [0.29, 0.717) is 0 Å². The van der Waals surface area contributed by atoms with Crippen molar-refractivity contribution in [3.63, 3.8) is 0 Å². The molecule has 1 heterocycles. The van der Waals surface area contributed by atoms with Gasteiger partial charge in [0.25, 0.3) is 0 Å². The highest BCUT2D eigenvalue weighted by Gasteiger charge is 2.38. The van der Waals surface area contributed by atoms with Crippen molar-refractivity contribution < 1.29 is 20.4 Å². The SMILES string of the molecule is OC[C@H]1NC(=S)[C@H](O)[C@@H](O)[C@@H]1O. The number of hydrogen-bond acceptors (Lipinski definition) is 5. The zero-order valence-corrected chi connectivity index (χ0v) is 7.03. The second-order valence-corrected chi connectivity index (χ2v) is 3.16. The van der Waals surface area contributed by atoms with E-state index in [-0.39, 0.29) is 11.6 Å². The largest absolute Gasteiger partial charge is 0.394 e. The Morgan fingerprint density at radius 2 is 1.83 bits per heavy atom. The van der Waals surface area contributed by atoms with Crippen molar-refractivity contribution in [2.45, 2.75) is 24.4 Å². The lowest BCUT2D eigenvalue weighted by molar-refractivity contribution is -0.0667. The molecule has 1 aliphatic rings. The first-order valence-electron chi connectivity index (χ1n) is 3.53. The molecule has 1 rings (SSSR count). The molecule has 0 radical (unpaired) electrons. The van der Waals surface area contributed by atoms with Crippen LogP contribution in [0.25, 0.3) is 0 Å². The predicted molar refractivity (Wildman–Crippen MR) is 44.6 cm³/mol. The van der Waals surface area contributed by atoms with Crippen LogP contribution in [-0.2, 0) is 0 Å². The quantitative estimate of drug-likeness (QED) is 0.292. The van der Waals surface area contributed by atoms with Gasteiger partial charge in [-0.3, -0.25) is 0 Å². The molecule has 0 bridgehead atoms. The van der Waals surface area contributed by atoms with Gasteiger partial charge in [-0.2, -0.15) is 0 Å². The summed E-state index contributed by atoms with van der Waals surface area (Å²) in [6.45, 7) is -0.342. The first-order valence-corrected chi connectivity index (χ1v) is 3.94. The normalized spacial score (nSPS) is 42.5. The molecule has 1 aliphatic heterocycles. The van der Waals surface area contributed by atoms with Gasteiger partial charge in [0.15, 0.2) is 0 Å². The number of thiocarbonyl (C=S) groups is 1. The molecule has 1 saturated heterocycles. The minimum Gasteiger partial charge on any atom is -0.394 e. The van der Waals surface area contributed by atoms with Crippen LogP contribution in [0.5, 0.6) is 0 Å². The fraction of sp³-hybridized carbons (Fsp3) is 0.833. The summed E-state index contributed by atoms with van der Waals surface area (Å²) in [5.74, 6) is 0. The molecule has 0 unspecified atom stereocenters. The fourth-order valence-electron chi connectivity index (χ4n) is 1.09. The average molecular weight is 193 g/mol. The number of rotatable bonds is 1. The molecule has 4 atom stereocenters. The van der Waals surface area contributed by atoms with Gasteiger partial charge in [0.2, 0.25) is 0 Å². The highest BCUT2D eigenvalue weighted by atomic mass is 32.1. The van der Waals surface area contributed by atoms with Crippen LogP contribution in [-0.4, -0.2) is 56.4 Å². The van der Waals surface area contributed by atoms with E-state index in [1.54, 1.807) is 0 Å². The molecule has 1 fully saturated rings. The van der Waals surface area contributed by atoms with Gasteiger partial charge in [0.1, 0.15) is 23.3 Å². The van der Waals surface area contributed by atoms with Crippen LogP contribution in [0.4, 0.5) is 0 Å². The third-order valence-electron chi connectivity index (χ3n) is 1.88. The Balaban J connectivity index is 2.70. The van der Waals surface area contributed by atoms with Crippen molar-refractivity contribution in [2.75, 3.05) is 6.61 Å². The lowest BCUT2D eigenvalue weighted by Crippen LogP contribution is -2.63. The first kappa shape index (κ1) is 9.82. The number of hydrogen-bond donors (Lipinski definition) is 5. The van der Waals surface area contributed by atoms with E-state index >= 15 is 0 Å². The van der Waals surface area contributed by atoms with Gasteiger partial charge in [-0.1, -0.05) is 12.2 Å². The fourth-order valence-corrected chi connectivity index (χ4v) is 1.38. The zero-order valence-electron chi connectivity index (χ0n) is 6.21. The third kappa shape index (κ3) is 1.57. The maximum atomic E-state index is 9.23. The third-order valence-corrected chi connectivity index (χ3v) is 2.24. The van der Waals surface area contributed by atoms with E-state index < -0.39 is 24.4 Å². The van der Waals surface area contributed by atoms with E-state index in [1.807, 2.05) is 0 Å². The molecular weight excluding hydrogens is 182 g/mol. The number of nitrogens with one attached hydrogen (secondary N) is 1. The smallest absolute Gasteiger partial charge is 0.132 e. The lowest BCUT2D eigenvalue weighted by Gasteiger charge is -2.36. The van der Waals surface area contributed by atoms with Crippen LogP contribution < -0.4 is 5.32 Å². The molecule has 12 heavy (non-hydrogen) atoms. The Labute approximate surface area is 74.6 Å². The molecule has 0 aromatic carbocycles. The standard InChI is InChI=1S/C6H11NO4S/c8-1-2-3(9)4(10)5(11)6(12)7-2/h2-5,8-11H,1H2,(H,7,12)/t2-,3-,4+,5-/m1/s1. The highest BCUT2D eigenvalue weighted by Crippen LogP contribution is 2.11. The van der Waals surface area contributed by atoms with E-state index in [1.165, 1.54) is 0 Å². The summed E-state index contributed by atoms with van der Waals surface area (Å²) in [6.07, 6.45) is -3.77. The molecule has 0 aliphatic carbocycles. The molecule has 0 aromatic rings. The summed E-state index contributed by atoms with van der Waals surface area (Å²) >= 11 is 4.66. The number of aliphatic hydroxyl groups is 4. The number of aliphatic hydroxyl groups excluding tert-OH is 4. The van der Waals surface area contributed by atoms with Crippen LogP contribution in [0.15, 0.2) is 0 Å². The molecular formula is C6H11NO4S. The second kappa shape index (κ2) is 3.63. The van der Waals surface area contributed by atoms with Crippen molar-refractivity contribution in [1.29, 1.82) is 0 Å². The van der Waals surface area contributed by atoms with Gasteiger partial charge in [-0.15, -0.1) is 0 Å². The molecule has 5 nitrogen and oxygen atoms in total. The van der Waals surface area contributed by atoms with Gasteiger partial charge in [-0.05, 0) is 0 Å². The summed E-state index contributed by atoms with van der Waals surface area (Å²) < 4.78 is 0. The molecule has 70 valence electrons. The van der Waals surface area contributed by atoms with Crippen LogP contribution in [0.2, 0.25) is 0 Å². The molecule has 0 spiro atoms. The second-order valence-electron chi connectivity index (χ2n) is 2.72. The van der Waals surface area contributed by atoms with Gasteiger partial charge in [0.05, 0.1) is 12.6 Å². The topological polar surface area (TPSA) is 93.0 Å². The molecule has 5 N–H and O–H groups in total. The summed E-state index contributed by atoms with van der Waals surface area (Å²) in [5, 5.41) is 38.8. The van der Waals surface area contributed by atoms with E-state index in [9.17, 15) is 10.2 Å². The van der Waals surface area contributed by atoms with Crippen LogP contribution in [0, 0.1) is 0 Å². The average Bonchev–Trinajstić information content (AvgIpc) is 2.08. The van der Waals surface area contributed by atoms with E-state index in [4.69, 9.17) is 10.2 Å². The van der Waals surface area contributed by atoms with Gasteiger partial charge < -0.3 is 25.7 Å². The molecule has 0 saturated carbocycles. The van der Waals surface area contributed by atoms with Crippen molar-refractivity contribution >= 4 is 17.2 Å². The number of piperidine rings is 1. The predicted octanol–water partition coefficient (Wildman–Crippen LogP) is -2.64. The Morgan fingerprint density at radius 3 is 2.33 bits per heavy atom. The minimum absolute atomic E-state index is 0.0480. The first-order chi connectivity index (χ1) is 5.57. The zero-order chi connectivity index (χ0) is 9.30. The van der Waals surface area contributed by atoms with Crippen molar-refractivity contribution in [3.8, 4) is 0 Å². The van der Waals surface area contributed by atoms with Crippen LogP contribution >= 0.6 is 12.2 Å². The molecule has 0 aromatic heterocycles. The minimum atomic E-state index is -1.32. The lowest BCUT2D eigenvalue weighted by atomic mass is 9.97. The van der Waals surface area contributed by atoms with Gasteiger partial charge in [0, 0.05) is 0 Å². The monoisotopic (exact) mass is 193 g/mol. The Morgan fingerprint density at radius 1 is 1.25 bits per heavy atom. The van der Waals surface area contributed by atoms with E-state index in [2.05, 4.69) is 17.5 Å². The summed E-state index contributed by atoms with van der Waals surface area (Å²) in [4.78, 5) is 0.0480. The van der Waals surface area contributed by atoms with E-state index in [0.717, 1.165) is 0 Å². The van der Waals surface area contributed by atoms with Crippen molar-refractivity contribution in [2.24, 2.45) is 0 Å².